The first-order chi connectivity index (χ1) is 11.2. The van der Waals surface area contributed by atoms with Gasteiger partial charge in [0.25, 0.3) is 5.91 Å². The Bertz CT molecular complexity index is 866. The van der Waals surface area contributed by atoms with Crippen LogP contribution in [-0.4, -0.2) is 20.6 Å². The monoisotopic (exact) mass is 350 g/mol. The fourth-order valence-electron chi connectivity index (χ4n) is 2.21. The summed E-state index contributed by atoms with van der Waals surface area (Å²) in [5, 5.41) is 2.77. The van der Waals surface area contributed by atoms with Crippen molar-refractivity contribution in [2.24, 2.45) is 0 Å². The van der Waals surface area contributed by atoms with E-state index < -0.39 is 10.0 Å². The Hall–Kier alpha value is -2.41. The van der Waals surface area contributed by atoms with Crippen molar-refractivity contribution in [1.29, 1.82) is 0 Å². The van der Waals surface area contributed by atoms with Crippen molar-refractivity contribution in [3.05, 3.63) is 65.0 Å². The highest BCUT2D eigenvalue weighted by Crippen LogP contribution is 2.19. The number of aryl methyl sites for hydroxylation is 1. The van der Waals surface area contributed by atoms with Gasteiger partial charge >= 0.3 is 0 Å². The van der Waals surface area contributed by atoms with Crippen molar-refractivity contribution in [1.82, 2.24) is 5.32 Å². The van der Waals surface area contributed by atoms with Crippen molar-refractivity contribution >= 4 is 21.6 Å². The van der Waals surface area contributed by atoms with Crippen LogP contribution in [0.5, 0.6) is 0 Å². The summed E-state index contributed by atoms with van der Waals surface area (Å²) in [6.45, 7) is 3.49. The zero-order valence-corrected chi connectivity index (χ0v) is 14.4. The summed E-state index contributed by atoms with van der Waals surface area (Å²) in [5.41, 5.74) is 2.01. The normalized spacial score (nSPS) is 12.5. The number of hydrogen-bond donors (Lipinski definition) is 2. The van der Waals surface area contributed by atoms with E-state index in [1.165, 1.54) is 18.2 Å². The molecule has 0 aliphatic rings. The summed E-state index contributed by atoms with van der Waals surface area (Å²) in [6.07, 6.45) is 1.05. The molecule has 2 N–H and O–H groups in total. The lowest BCUT2D eigenvalue weighted by atomic mass is 10.1. The number of nitrogens with one attached hydrogen (secondary N) is 2. The summed E-state index contributed by atoms with van der Waals surface area (Å²) in [5.74, 6) is -0.744. The molecule has 0 bridgehead atoms. The Morgan fingerprint density at radius 3 is 2.50 bits per heavy atom. The van der Waals surface area contributed by atoms with Gasteiger partial charge in [-0.2, -0.15) is 0 Å². The summed E-state index contributed by atoms with van der Waals surface area (Å²) in [7, 11) is -3.44. The van der Waals surface area contributed by atoms with Gasteiger partial charge in [-0.25, -0.2) is 12.8 Å². The molecular formula is C17H19FN2O3S. The highest BCUT2D eigenvalue weighted by molar-refractivity contribution is 7.92. The van der Waals surface area contributed by atoms with Gasteiger partial charge in [-0.1, -0.05) is 18.2 Å². The molecule has 2 aromatic carbocycles. The van der Waals surface area contributed by atoms with Crippen LogP contribution in [0.1, 0.15) is 34.5 Å². The minimum atomic E-state index is -3.44. The van der Waals surface area contributed by atoms with Crippen LogP contribution in [0.2, 0.25) is 0 Å². The van der Waals surface area contributed by atoms with Crippen molar-refractivity contribution in [2.45, 2.75) is 19.9 Å². The van der Waals surface area contributed by atoms with E-state index in [4.69, 9.17) is 0 Å². The predicted octanol–water partition coefficient (Wildman–Crippen LogP) is 3.00. The van der Waals surface area contributed by atoms with E-state index in [9.17, 15) is 17.6 Å². The topological polar surface area (TPSA) is 75.3 Å². The highest BCUT2D eigenvalue weighted by Gasteiger charge is 2.14. The smallest absolute Gasteiger partial charge is 0.251 e. The lowest BCUT2D eigenvalue weighted by molar-refractivity contribution is 0.0940. The molecular weight excluding hydrogens is 331 g/mol. The maximum atomic E-state index is 13.3. The third-order valence-electron chi connectivity index (χ3n) is 3.49. The number of rotatable bonds is 5. The van der Waals surface area contributed by atoms with Gasteiger partial charge < -0.3 is 5.32 Å². The summed E-state index contributed by atoms with van der Waals surface area (Å²) >= 11 is 0. The molecule has 0 unspecified atom stereocenters. The van der Waals surface area contributed by atoms with Crippen molar-refractivity contribution < 1.29 is 17.6 Å². The minimum absolute atomic E-state index is 0.315. The number of halogens is 1. The van der Waals surface area contributed by atoms with Crippen molar-refractivity contribution in [2.75, 3.05) is 11.0 Å². The van der Waals surface area contributed by atoms with Gasteiger partial charge in [0.15, 0.2) is 0 Å². The molecule has 24 heavy (non-hydrogen) atoms. The van der Waals surface area contributed by atoms with Gasteiger partial charge in [0.1, 0.15) is 5.82 Å². The molecule has 5 nitrogen and oxygen atoms in total. The Balaban J connectivity index is 2.19. The maximum absolute atomic E-state index is 13.3. The summed E-state index contributed by atoms with van der Waals surface area (Å²) < 4.78 is 38.4. The van der Waals surface area contributed by atoms with E-state index in [1.807, 2.05) is 0 Å². The lowest BCUT2D eigenvalue weighted by Gasteiger charge is -2.15. The average Bonchev–Trinajstić information content (AvgIpc) is 2.48. The van der Waals surface area contributed by atoms with Crippen molar-refractivity contribution in [3.8, 4) is 0 Å². The van der Waals surface area contributed by atoms with E-state index in [1.54, 1.807) is 38.1 Å². The molecule has 7 heteroatoms. The van der Waals surface area contributed by atoms with E-state index in [-0.39, 0.29) is 17.8 Å². The first-order valence-corrected chi connectivity index (χ1v) is 9.19. The molecule has 1 atom stereocenters. The molecule has 0 aromatic heterocycles. The van der Waals surface area contributed by atoms with Crippen LogP contribution >= 0.6 is 0 Å². The Labute approximate surface area is 141 Å². The van der Waals surface area contributed by atoms with Crippen LogP contribution in [0.4, 0.5) is 10.1 Å². The van der Waals surface area contributed by atoms with Gasteiger partial charge in [-0.05, 0) is 49.2 Å². The molecule has 0 radical (unpaired) electrons. The number of carbonyl (C=O) groups excluding carboxylic acids is 1. The Kier molecular flexibility index (Phi) is 5.23. The standard InChI is InChI=1S/C17H19FN2O3S/c1-11-7-8-14(10-16(11)20-24(3,22)23)17(21)19-12(2)13-5-4-6-15(18)9-13/h4-10,12,20H,1-3H3,(H,19,21)/t12-/m1/s1. The molecule has 128 valence electrons. The number of carbonyl (C=O) groups is 1. The molecule has 2 rings (SSSR count). The van der Waals surface area contributed by atoms with Gasteiger partial charge in [0.2, 0.25) is 10.0 Å². The third kappa shape index (κ3) is 4.79. The molecule has 2 aromatic rings. The summed E-state index contributed by atoms with van der Waals surface area (Å²) in [6, 6.07) is 10.3. The lowest BCUT2D eigenvalue weighted by Crippen LogP contribution is -2.27. The Morgan fingerprint density at radius 2 is 1.88 bits per heavy atom. The number of sulfonamides is 1. The molecule has 0 heterocycles. The zero-order valence-electron chi connectivity index (χ0n) is 13.6. The van der Waals surface area contributed by atoms with Gasteiger partial charge in [0, 0.05) is 5.56 Å². The zero-order chi connectivity index (χ0) is 17.9. The second-order valence-electron chi connectivity index (χ2n) is 5.65. The third-order valence-corrected chi connectivity index (χ3v) is 4.08. The number of amides is 1. The van der Waals surface area contributed by atoms with Crippen molar-refractivity contribution in [3.63, 3.8) is 0 Å². The van der Waals surface area contributed by atoms with Gasteiger partial charge in [0.05, 0.1) is 18.0 Å². The van der Waals surface area contributed by atoms with Crippen LogP contribution in [0.3, 0.4) is 0 Å². The number of benzene rings is 2. The molecule has 0 spiro atoms. The molecule has 0 saturated heterocycles. The van der Waals surface area contributed by atoms with E-state index in [0.29, 0.717) is 22.4 Å². The van der Waals surface area contributed by atoms with E-state index in [0.717, 1.165) is 6.26 Å². The molecule has 1 amide bonds. The average molecular weight is 350 g/mol. The van der Waals surface area contributed by atoms with Gasteiger partial charge in [-0.15, -0.1) is 0 Å². The number of hydrogen-bond acceptors (Lipinski definition) is 3. The first-order valence-electron chi connectivity index (χ1n) is 7.30. The van der Waals surface area contributed by atoms with Crippen LogP contribution in [0.15, 0.2) is 42.5 Å². The fourth-order valence-corrected chi connectivity index (χ4v) is 2.83. The van der Waals surface area contributed by atoms with Gasteiger partial charge in [-0.3, -0.25) is 9.52 Å². The van der Waals surface area contributed by atoms with Crippen LogP contribution in [-0.2, 0) is 10.0 Å². The molecule has 0 saturated carbocycles. The van der Waals surface area contributed by atoms with Crippen LogP contribution in [0.25, 0.3) is 0 Å². The second kappa shape index (κ2) is 7.00. The maximum Gasteiger partial charge on any atom is 0.251 e. The SMILES string of the molecule is Cc1ccc(C(=O)N[C@H](C)c2cccc(F)c2)cc1NS(C)(=O)=O. The number of anilines is 1. The molecule has 0 fully saturated rings. The Morgan fingerprint density at radius 1 is 1.17 bits per heavy atom. The van der Waals surface area contributed by atoms with Crippen LogP contribution < -0.4 is 10.0 Å². The van der Waals surface area contributed by atoms with E-state index in [2.05, 4.69) is 10.0 Å². The van der Waals surface area contributed by atoms with E-state index >= 15 is 0 Å². The summed E-state index contributed by atoms with van der Waals surface area (Å²) in [4.78, 5) is 12.4. The quantitative estimate of drug-likeness (QED) is 0.870. The molecule has 0 aliphatic heterocycles. The minimum Gasteiger partial charge on any atom is -0.346 e. The first kappa shape index (κ1) is 17.9. The highest BCUT2D eigenvalue weighted by atomic mass is 32.2. The second-order valence-corrected chi connectivity index (χ2v) is 7.40. The largest absolute Gasteiger partial charge is 0.346 e. The van der Waals surface area contributed by atoms with Crippen LogP contribution in [0, 0.1) is 12.7 Å². The predicted molar refractivity (Wildman–Crippen MR) is 91.9 cm³/mol. The molecule has 0 aliphatic carbocycles. The fraction of sp³-hybridized carbons (Fsp3) is 0.235.